The Morgan fingerprint density at radius 1 is 1.00 bits per heavy atom. The van der Waals surface area contributed by atoms with Crippen LogP contribution in [0.1, 0.15) is 75.5 Å². The first-order valence-electron chi connectivity index (χ1n) is 7.90. The predicted octanol–water partition coefficient (Wildman–Crippen LogP) is 5.77. The van der Waals surface area contributed by atoms with Crippen LogP contribution in [0.2, 0.25) is 0 Å². The minimum Gasteiger partial charge on any atom is -0.0651 e. The Morgan fingerprint density at radius 3 is 1.75 bits per heavy atom. The van der Waals surface area contributed by atoms with Crippen LogP contribution in [0.25, 0.3) is 0 Å². The van der Waals surface area contributed by atoms with E-state index in [2.05, 4.69) is 48.5 Å². The third-order valence-corrected chi connectivity index (χ3v) is 3.74. The largest absolute Gasteiger partial charge is 0.0651 e. The molecule has 1 rings (SSSR count). The molecule has 0 heterocycles. The van der Waals surface area contributed by atoms with Crippen LogP contribution in [0.15, 0.2) is 0 Å². The highest BCUT2D eigenvalue weighted by atomic mass is 14.4. The van der Waals surface area contributed by atoms with E-state index in [9.17, 15) is 0 Å². The van der Waals surface area contributed by atoms with Crippen LogP contribution in [-0.2, 0) is 0 Å². The van der Waals surface area contributed by atoms with Crippen molar-refractivity contribution in [2.45, 2.75) is 74.1 Å². The normalized spacial score (nSPS) is 39.2. The predicted molar refractivity (Wildman–Crippen MR) is 75.6 cm³/mol. The second kappa shape index (κ2) is 8.14. The lowest BCUT2D eigenvalue weighted by molar-refractivity contribution is 0.270. The van der Waals surface area contributed by atoms with Crippen molar-refractivity contribution in [1.29, 1.82) is 0 Å². The van der Waals surface area contributed by atoms with Crippen LogP contribution in [0.5, 0.6) is 0 Å². The molecule has 16 heavy (non-hydrogen) atoms. The molecule has 0 aromatic carbocycles. The van der Waals surface area contributed by atoms with E-state index >= 15 is 0 Å². The highest BCUT2D eigenvalue weighted by molar-refractivity contribution is 4.86. The summed E-state index contributed by atoms with van der Waals surface area (Å²) in [5.74, 6) is 3.77. The fourth-order valence-corrected chi connectivity index (χ4v) is 3.10. The molecule has 5 unspecified atom stereocenters. The van der Waals surface area contributed by atoms with Crippen molar-refractivity contribution in [3.05, 3.63) is 0 Å². The molecule has 0 bridgehead atoms. The van der Waals surface area contributed by atoms with Crippen molar-refractivity contribution in [3.63, 3.8) is 0 Å². The zero-order valence-corrected chi connectivity index (χ0v) is 12.6. The van der Waals surface area contributed by atoms with E-state index in [1.54, 1.807) is 0 Å². The van der Waals surface area contributed by atoms with Gasteiger partial charge in [-0.25, -0.2) is 0 Å². The van der Waals surface area contributed by atoms with E-state index in [0.29, 0.717) is 11.8 Å². The van der Waals surface area contributed by atoms with Crippen LogP contribution in [-0.4, -0.2) is 0 Å². The highest BCUT2D eigenvalue weighted by Crippen LogP contribution is 2.45. The summed E-state index contributed by atoms with van der Waals surface area (Å²) < 4.78 is 8.16. The van der Waals surface area contributed by atoms with Gasteiger partial charge in [0.2, 0.25) is 0 Å². The molecule has 0 aromatic heterocycles. The van der Waals surface area contributed by atoms with Gasteiger partial charge in [0.05, 0.1) is 0 Å². The average molecular weight is 227 g/mol. The molecule has 0 spiro atoms. The van der Waals surface area contributed by atoms with Crippen LogP contribution >= 0.6 is 0 Å². The Hall–Kier alpha value is 0. The van der Waals surface area contributed by atoms with E-state index in [4.69, 9.17) is 1.37 Å². The Balaban J connectivity index is 0.000000557. The SMILES string of the molecule is CC(C)C.[2H]C1C(C)C(CC)C(CC)C1CC. The fourth-order valence-electron chi connectivity index (χ4n) is 3.10. The second-order valence-electron chi connectivity index (χ2n) is 6.00. The fraction of sp³-hybridized carbons (Fsp3) is 1.00. The first kappa shape index (κ1) is 14.1. The van der Waals surface area contributed by atoms with Crippen LogP contribution in [0, 0.1) is 29.6 Å². The summed E-state index contributed by atoms with van der Waals surface area (Å²) in [7, 11) is 0. The van der Waals surface area contributed by atoms with Crippen LogP contribution in [0.4, 0.5) is 0 Å². The van der Waals surface area contributed by atoms with Crippen LogP contribution < -0.4 is 0 Å². The zero-order valence-electron chi connectivity index (χ0n) is 13.6. The smallest absolute Gasteiger partial charge is 0.0272 e. The molecule has 1 saturated carbocycles. The molecule has 0 heteroatoms. The summed E-state index contributed by atoms with van der Waals surface area (Å²) in [6.45, 7) is 15.6. The lowest BCUT2D eigenvalue weighted by Crippen LogP contribution is -2.14. The van der Waals surface area contributed by atoms with Gasteiger partial charge in [0, 0.05) is 1.37 Å². The number of hydrogen-bond acceptors (Lipinski definition) is 0. The van der Waals surface area contributed by atoms with E-state index in [1.807, 2.05) is 0 Å². The summed E-state index contributed by atoms with van der Waals surface area (Å²) >= 11 is 0. The lowest BCUT2D eigenvalue weighted by Gasteiger charge is -2.22. The van der Waals surface area contributed by atoms with Gasteiger partial charge in [-0.1, -0.05) is 67.7 Å². The van der Waals surface area contributed by atoms with Crippen molar-refractivity contribution in [2.75, 3.05) is 0 Å². The molecule has 5 atom stereocenters. The summed E-state index contributed by atoms with van der Waals surface area (Å²) in [6.07, 6.45) is 3.95. The monoisotopic (exact) mass is 227 g/mol. The van der Waals surface area contributed by atoms with Crippen molar-refractivity contribution in [1.82, 2.24) is 0 Å². The third-order valence-electron chi connectivity index (χ3n) is 3.74. The Bertz CT molecular complexity index is 169. The van der Waals surface area contributed by atoms with Gasteiger partial charge in [0.25, 0.3) is 0 Å². The van der Waals surface area contributed by atoms with E-state index in [1.165, 1.54) is 19.3 Å². The van der Waals surface area contributed by atoms with E-state index < -0.39 is 0 Å². The minimum atomic E-state index is 0.208. The Kier molecular flexibility index (Phi) is 7.16. The van der Waals surface area contributed by atoms with Gasteiger partial charge < -0.3 is 0 Å². The van der Waals surface area contributed by atoms with Crippen molar-refractivity contribution < 1.29 is 1.37 Å². The van der Waals surface area contributed by atoms with Gasteiger partial charge in [-0.2, -0.15) is 0 Å². The van der Waals surface area contributed by atoms with E-state index in [-0.39, 0.29) is 6.40 Å². The molecule has 0 aromatic rings. The molecule has 1 aliphatic rings. The number of hydrogen-bond donors (Lipinski definition) is 0. The van der Waals surface area contributed by atoms with Gasteiger partial charge in [0.15, 0.2) is 0 Å². The first-order chi connectivity index (χ1) is 7.90. The second-order valence-corrected chi connectivity index (χ2v) is 6.00. The maximum atomic E-state index is 8.16. The lowest BCUT2D eigenvalue weighted by atomic mass is 9.83. The number of rotatable bonds is 3. The van der Waals surface area contributed by atoms with Crippen LogP contribution in [0.3, 0.4) is 0 Å². The topological polar surface area (TPSA) is 0 Å². The molecular weight excluding hydrogens is 192 g/mol. The molecular formula is C16H34. The highest BCUT2D eigenvalue weighted by Gasteiger charge is 2.37. The quantitative estimate of drug-likeness (QED) is 0.574. The maximum Gasteiger partial charge on any atom is 0.0272 e. The van der Waals surface area contributed by atoms with Crippen molar-refractivity contribution in [3.8, 4) is 0 Å². The molecule has 0 saturated heterocycles. The molecule has 98 valence electrons. The molecule has 0 amide bonds. The van der Waals surface area contributed by atoms with Gasteiger partial charge in [-0.3, -0.25) is 0 Å². The molecule has 1 fully saturated rings. The summed E-state index contributed by atoms with van der Waals surface area (Å²) in [6, 6.07) is 0. The molecule has 1 aliphatic carbocycles. The Labute approximate surface area is 106 Å². The third kappa shape index (κ3) is 4.89. The maximum absolute atomic E-state index is 8.16. The summed E-state index contributed by atoms with van der Waals surface area (Å²) in [5, 5.41) is 0. The first-order valence-corrected chi connectivity index (χ1v) is 7.32. The zero-order chi connectivity index (χ0) is 13.6. The minimum absolute atomic E-state index is 0.208. The average Bonchev–Trinajstić information content (AvgIpc) is 2.49. The molecule has 0 radical (unpaired) electrons. The summed E-state index contributed by atoms with van der Waals surface area (Å²) in [4.78, 5) is 0. The van der Waals surface area contributed by atoms with Gasteiger partial charge in [0.1, 0.15) is 0 Å². The van der Waals surface area contributed by atoms with Crippen molar-refractivity contribution in [2.24, 2.45) is 29.6 Å². The molecule has 0 nitrogen and oxygen atoms in total. The Morgan fingerprint density at radius 2 is 1.44 bits per heavy atom. The summed E-state index contributed by atoms with van der Waals surface area (Å²) in [5.41, 5.74) is 0. The van der Waals surface area contributed by atoms with Gasteiger partial charge in [-0.05, 0) is 36.0 Å². The van der Waals surface area contributed by atoms with Crippen molar-refractivity contribution >= 4 is 0 Å². The molecule has 0 N–H and O–H groups in total. The van der Waals surface area contributed by atoms with Gasteiger partial charge in [-0.15, -0.1) is 0 Å². The van der Waals surface area contributed by atoms with Gasteiger partial charge >= 0.3 is 0 Å². The van der Waals surface area contributed by atoms with E-state index in [0.717, 1.165) is 17.8 Å². The molecule has 0 aliphatic heterocycles. The standard InChI is InChI=1S/C12H24.C4H10/c1-5-10-8-9(4)11(6-2)12(10)7-3;1-4(2)3/h9-12H,5-8H2,1-4H3;4H,1-3H3/i8D;.